The van der Waals surface area contributed by atoms with Gasteiger partial charge in [-0.05, 0) is 48.6 Å². The van der Waals surface area contributed by atoms with Gasteiger partial charge in [0.25, 0.3) is 0 Å². The second kappa shape index (κ2) is 17.1. The quantitative estimate of drug-likeness (QED) is 0.147. The molecular formula is C40H47F2N9O6S. The van der Waals surface area contributed by atoms with Gasteiger partial charge in [-0.15, -0.1) is 21.5 Å². The summed E-state index contributed by atoms with van der Waals surface area (Å²) in [4.78, 5) is 63.6. The van der Waals surface area contributed by atoms with Crippen molar-refractivity contribution in [1.29, 1.82) is 0 Å². The van der Waals surface area contributed by atoms with Crippen molar-refractivity contribution in [2.75, 3.05) is 49.9 Å². The van der Waals surface area contributed by atoms with Crippen LogP contribution in [0.3, 0.4) is 0 Å². The topological polar surface area (TPSA) is 207 Å². The summed E-state index contributed by atoms with van der Waals surface area (Å²) in [7, 11) is 0. The Labute approximate surface area is 338 Å². The van der Waals surface area contributed by atoms with E-state index >= 15 is 0 Å². The van der Waals surface area contributed by atoms with E-state index in [1.165, 1.54) is 11.0 Å². The number of nitrogens with zero attached hydrogens (tertiary/aromatic N) is 6. The number of benzene rings is 2. The lowest BCUT2D eigenvalue weighted by molar-refractivity contribution is -0.144. The Morgan fingerprint density at radius 3 is 2.33 bits per heavy atom. The fourth-order valence-electron chi connectivity index (χ4n) is 7.32. The van der Waals surface area contributed by atoms with E-state index in [1.807, 2.05) is 68.7 Å². The van der Waals surface area contributed by atoms with Crippen LogP contribution in [0.1, 0.15) is 61.8 Å². The molecule has 4 aromatic rings. The Morgan fingerprint density at radius 1 is 1.02 bits per heavy atom. The summed E-state index contributed by atoms with van der Waals surface area (Å²) in [6, 6.07) is 8.54. The lowest BCUT2D eigenvalue weighted by Crippen LogP contribution is -2.59. The molecule has 15 nitrogen and oxygen atoms in total. The maximum Gasteiger partial charge on any atom is 0.336 e. The molecule has 4 atom stereocenters. The number of aryl methyl sites for hydroxylation is 1. The number of carboxylic acid groups (broad SMARTS) is 1. The highest BCUT2D eigenvalue weighted by Gasteiger charge is 2.45. The van der Waals surface area contributed by atoms with Gasteiger partial charge in [-0.25, -0.2) is 18.6 Å². The number of rotatable bonds is 11. The highest BCUT2D eigenvalue weighted by atomic mass is 32.1. The van der Waals surface area contributed by atoms with Gasteiger partial charge in [-0.3, -0.25) is 19.3 Å². The lowest BCUT2D eigenvalue weighted by atomic mass is 9.85. The summed E-state index contributed by atoms with van der Waals surface area (Å²) in [5.41, 5.74) is 9.10. The van der Waals surface area contributed by atoms with Crippen LogP contribution < -0.4 is 21.3 Å². The van der Waals surface area contributed by atoms with Gasteiger partial charge >= 0.3 is 5.97 Å². The van der Waals surface area contributed by atoms with Crippen molar-refractivity contribution in [3.05, 3.63) is 76.4 Å². The normalized spacial score (nSPS) is 18.5. The van der Waals surface area contributed by atoms with E-state index in [0.717, 1.165) is 33.8 Å². The Morgan fingerprint density at radius 2 is 1.71 bits per heavy atom. The molecule has 2 aromatic heterocycles. The van der Waals surface area contributed by atoms with Crippen LogP contribution in [0.5, 0.6) is 0 Å². The van der Waals surface area contributed by atoms with Crippen molar-refractivity contribution >= 4 is 46.5 Å². The first-order chi connectivity index (χ1) is 27.4. The largest absolute Gasteiger partial charge is 0.478 e. The molecule has 0 radical (unpaired) electrons. The first-order valence-electron chi connectivity index (χ1n) is 18.8. The van der Waals surface area contributed by atoms with Crippen LogP contribution in [0, 0.1) is 24.0 Å². The van der Waals surface area contributed by atoms with Crippen molar-refractivity contribution in [2.45, 2.75) is 65.3 Å². The number of amides is 3. The molecule has 6 rings (SSSR count). The molecule has 18 heteroatoms. The number of carbonyl (C=O) groups is 4. The SMILES string of the molecule is Cc1ncsc1-c1ccc([C@H](C)NC(=O)[C@@H]2C[C@@H](O)CN2C(=O)[C@@H](NC(=O)CN2CCN(c3cc(-c4c(C(=O)O)ccc(F)c4F)nnc3N)CC2)C(C)(C)C)cc1. The zero-order valence-corrected chi connectivity index (χ0v) is 33.6. The molecule has 3 amide bonds. The van der Waals surface area contributed by atoms with Crippen LogP contribution in [-0.4, -0.2) is 116 Å². The molecule has 0 saturated carbocycles. The minimum absolute atomic E-state index is 0.000135. The third-order valence-corrected chi connectivity index (χ3v) is 11.5. The number of hydrogen-bond acceptors (Lipinski definition) is 12. The predicted octanol–water partition coefficient (Wildman–Crippen LogP) is 3.63. The van der Waals surface area contributed by atoms with E-state index in [9.17, 15) is 38.2 Å². The van der Waals surface area contributed by atoms with Crippen molar-refractivity contribution in [2.24, 2.45) is 5.41 Å². The molecule has 58 heavy (non-hydrogen) atoms. The molecule has 0 unspecified atom stereocenters. The fraction of sp³-hybridized carbons (Fsp3) is 0.425. The third kappa shape index (κ3) is 9.08. The second-order valence-electron chi connectivity index (χ2n) is 15.7. The number of nitrogen functional groups attached to an aromatic ring is 1. The highest BCUT2D eigenvalue weighted by Crippen LogP contribution is 2.33. The zero-order chi connectivity index (χ0) is 42.1. The number of aliphatic hydroxyl groups is 1. The second-order valence-corrected chi connectivity index (χ2v) is 16.6. The number of anilines is 2. The number of nitrogens with one attached hydrogen (secondary N) is 2. The van der Waals surface area contributed by atoms with Crippen LogP contribution in [0.2, 0.25) is 0 Å². The molecular weight excluding hydrogens is 773 g/mol. The number of aliphatic hydroxyl groups excluding tert-OH is 1. The number of carbonyl (C=O) groups excluding carboxylic acids is 3. The minimum atomic E-state index is -1.47. The van der Waals surface area contributed by atoms with Gasteiger partial charge in [0.15, 0.2) is 17.5 Å². The summed E-state index contributed by atoms with van der Waals surface area (Å²) < 4.78 is 29.0. The van der Waals surface area contributed by atoms with Crippen LogP contribution in [0.15, 0.2) is 48.0 Å². The predicted molar refractivity (Wildman–Crippen MR) is 214 cm³/mol. The van der Waals surface area contributed by atoms with Crippen molar-refractivity contribution in [3.8, 4) is 21.7 Å². The van der Waals surface area contributed by atoms with E-state index in [1.54, 1.807) is 16.8 Å². The molecule has 0 aliphatic carbocycles. The van der Waals surface area contributed by atoms with E-state index in [2.05, 4.69) is 25.8 Å². The number of thiazole rings is 1. The molecule has 2 aromatic carbocycles. The number of β-amino-alcohol motifs (C(OH)–C–C–N with tert-alkyl or cyclic N) is 1. The molecule has 2 aliphatic rings. The number of likely N-dealkylation sites (tertiary alicyclic amines) is 1. The van der Waals surface area contributed by atoms with E-state index < -0.39 is 70.1 Å². The smallest absolute Gasteiger partial charge is 0.336 e. The zero-order valence-electron chi connectivity index (χ0n) is 32.8. The molecule has 6 N–H and O–H groups in total. The maximum atomic E-state index is 14.8. The maximum absolute atomic E-state index is 14.8. The Bertz CT molecular complexity index is 2190. The molecule has 2 saturated heterocycles. The van der Waals surface area contributed by atoms with Crippen molar-refractivity contribution in [3.63, 3.8) is 0 Å². The highest BCUT2D eigenvalue weighted by molar-refractivity contribution is 7.13. The minimum Gasteiger partial charge on any atom is -0.478 e. The third-order valence-electron chi connectivity index (χ3n) is 10.5. The van der Waals surface area contributed by atoms with E-state index in [4.69, 9.17) is 5.73 Å². The van der Waals surface area contributed by atoms with Gasteiger partial charge in [0.05, 0.1) is 57.3 Å². The molecule has 308 valence electrons. The Kier molecular flexibility index (Phi) is 12.4. The summed E-state index contributed by atoms with van der Waals surface area (Å²) >= 11 is 1.55. The lowest BCUT2D eigenvalue weighted by Gasteiger charge is -2.38. The fourth-order valence-corrected chi connectivity index (χ4v) is 8.13. The summed E-state index contributed by atoms with van der Waals surface area (Å²) in [6.07, 6.45) is -0.864. The summed E-state index contributed by atoms with van der Waals surface area (Å²) in [5.74, 6) is -5.37. The number of piperazine rings is 1. The van der Waals surface area contributed by atoms with Crippen LogP contribution in [0.4, 0.5) is 20.3 Å². The van der Waals surface area contributed by atoms with Gasteiger partial charge in [-0.1, -0.05) is 45.0 Å². The van der Waals surface area contributed by atoms with E-state index in [-0.39, 0.29) is 37.1 Å². The van der Waals surface area contributed by atoms with Crippen molar-refractivity contribution < 1.29 is 38.2 Å². The molecule has 4 heterocycles. The van der Waals surface area contributed by atoms with Gasteiger partial charge in [-0.2, -0.15) is 0 Å². The average Bonchev–Trinajstić information content (AvgIpc) is 3.80. The Balaban J connectivity index is 1.07. The standard InChI is InChI=1S/C40H47F2N9O6S/c1-21(23-6-8-24(9-7-23)34-22(2)44-20-58-34)45-37(54)30-16-25(52)18-51(30)38(55)35(40(3,4)5)46-31(53)19-49-12-14-50(15-13-49)29-17-28(47-48-36(29)43)32-26(39(56)57)10-11-27(41)33(32)42/h6-11,17,20-21,25,30,35,52H,12-16,18-19H2,1-5H3,(H2,43,48)(H,45,54)(H,46,53)(H,56,57)/t21-,25+,30-,35+/m0/s1. The molecule has 0 spiro atoms. The first kappa shape index (κ1) is 42.0. The summed E-state index contributed by atoms with van der Waals surface area (Å²) in [5, 5.41) is 33.9. The average molecular weight is 820 g/mol. The van der Waals surface area contributed by atoms with Gasteiger partial charge < -0.3 is 36.4 Å². The molecule has 0 bridgehead atoms. The Hall–Kier alpha value is -5.59. The van der Waals surface area contributed by atoms with Crippen LogP contribution in [-0.2, 0) is 14.4 Å². The number of aromatic nitrogens is 3. The first-order valence-corrected chi connectivity index (χ1v) is 19.7. The van der Waals surface area contributed by atoms with Gasteiger partial charge in [0, 0.05) is 39.1 Å². The van der Waals surface area contributed by atoms with Crippen molar-refractivity contribution in [1.82, 2.24) is 35.6 Å². The number of carboxylic acids is 1. The van der Waals surface area contributed by atoms with Crippen LogP contribution >= 0.6 is 11.3 Å². The van der Waals surface area contributed by atoms with Crippen LogP contribution in [0.25, 0.3) is 21.7 Å². The number of halogens is 2. The number of nitrogens with two attached hydrogens (primary N) is 1. The van der Waals surface area contributed by atoms with Gasteiger partial charge in [0.2, 0.25) is 17.7 Å². The summed E-state index contributed by atoms with van der Waals surface area (Å²) in [6.45, 7) is 10.6. The monoisotopic (exact) mass is 819 g/mol. The molecule has 2 fully saturated rings. The van der Waals surface area contributed by atoms with Gasteiger partial charge in [0.1, 0.15) is 12.1 Å². The number of aromatic carboxylic acids is 1. The molecule has 2 aliphatic heterocycles. The van der Waals surface area contributed by atoms with E-state index in [0.29, 0.717) is 31.9 Å². The number of hydrogen-bond donors (Lipinski definition) is 5.